The number of rotatable bonds is 3. The van der Waals surface area contributed by atoms with E-state index < -0.39 is 0 Å². The van der Waals surface area contributed by atoms with Crippen LogP contribution in [0.25, 0.3) is 0 Å². The highest BCUT2D eigenvalue weighted by molar-refractivity contribution is 7.78. The van der Waals surface area contributed by atoms with Gasteiger partial charge in [-0.05, 0) is 6.07 Å². The number of thiol groups is 1. The molecule has 0 bridgehead atoms. The molecule has 11 heavy (non-hydrogen) atoms. The van der Waals surface area contributed by atoms with Gasteiger partial charge in [-0.25, -0.2) is 0 Å². The van der Waals surface area contributed by atoms with Crippen LogP contribution >= 0.6 is 12.8 Å². The minimum Gasteiger partial charge on any atom is -0.496 e. The minimum atomic E-state index is 0.715. The summed E-state index contributed by atoms with van der Waals surface area (Å²) >= 11 is 3.91. The molecule has 0 spiro atoms. The Morgan fingerprint density at radius 2 is 2.18 bits per heavy atom. The quantitative estimate of drug-likeness (QED) is 0.671. The van der Waals surface area contributed by atoms with Crippen LogP contribution in [0.2, 0.25) is 0 Å². The van der Waals surface area contributed by atoms with Crippen LogP contribution in [0, 0.1) is 0 Å². The summed E-state index contributed by atoms with van der Waals surface area (Å²) < 4.78 is 7.90. The molecule has 2 nitrogen and oxygen atoms in total. The smallest absolute Gasteiger partial charge is 0.123 e. The van der Waals surface area contributed by atoms with Crippen molar-refractivity contribution in [3.8, 4) is 5.75 Å². The van der Waals surface area contributed by atoms with Gasteiger partial charge >= 0.3 is 0 Å². The first kappa shape index (κ1) is 8.43. The van der Waals surface area contributed by atoms with Crippen molar-refractivity contribution in [1.29, 1.82) is 0 Å². The predicted molar refractivity (Wildman–Crippen MR) is 48.8 cm³/mol. The molecular weight excluding hydrogens is 158 g/mol. The Morgan fingerprint density at radius 1 is 1.45 bits per heavy atom. The van der Waals surface area contributed by atoms with E-state index in [2.05, 4.69) is 17.5 Å². The van der Waals surface area contributed by atoms with E-state index in [9.17, 15) is 0 Å². The lowest BCUT2D eigenvalue weighted by Crippen LogP contribution is -2.00. The zero-order valence-electron chi connectivity index (χ0n) is 6.37. The maximum atomic E-state index is 5.12. The number of methoxy groups -OCH3 is 1. The Bertz CT molecular complexity index is 227. The summed E-state index contributed by atoms with van der Waals surface area (Å²) in [6, 6.07) is 7.85. The first-order chi connectivity index (χ1) is 5.38. The fourth-order valence-electron chi connectivity index (χ4n) is 0.934. The zero-order chi connectivity index (χ0) is 8.10. The SMILES string of the molecule is COc1ccccc1CNS. The average Bonchev–Trinajstić information content (AvgIpc) is 2.06. The summed E-state index contributed by atoms with van der Waals surface area (Å²) in [5.74, 6) is 0.897. The Hall–Kier alpha value is -0.670. The summed E-state index contributed by atoms with van der Waals surface area (Å²) in [5.41, 5.74) is 1.12. The van der Waals surface area contributed by atoms with Crippen molar-refractivity contribution in [3.05, 3.63) is 29.8 Å². The fourth-order valence-corrected chi connectivity index (χ4v) is 1.10. The molecule has 0 amide bonds. The van der Waals surface area contributed by atoms with Crippen molar-refractivity contribution < 1.29 is 4.74 Å². The molecule has 0 aromatic heterocycles. The van der Waals surface area contributed by atoms with Crippen LogP contribution in [0.4, 0.5) is 0 Å². The summed E-state index contributed by atoms with van der Waals surface area (Å²) in [7, 11) is 1.66. The predicted octanol–water partition coefficient (Wildman–Crippen LogP) is 1.63. The summed E-state index contributed by atoms with van der Waals surface area (Å²) in [6.07, 6.45) is 0. The molecule has 3 heteroatoms. The van der Waals surface area contributed by atoms with Gasteiger partial charge in [0.1, 0.15) is 5.75 Å². The second-order valence-electron chi connectivity index (χ2n) is 2.15. The van der Waals surface area contributed by atoms with Crippen LogP contribution in [0.5, 0.6) is 5.75 Å². The molecule has 0 aliphatic carbocycles. The number of para-hydroxylation sites is 1. The number of nitrogens with one attached hydrogen (secondary N) is 1. The third kappa shape index (κ3) is 2.13. The van der Waals surface area contributed by atoms with E-state index in [-0.39, 0.29) is 0 Å². The number of ether oxygens (including phenoxy) is 1. The third-order valence-corrected chi connectivity index (χ3v) is 1.62. The van der Waals surface area contributed by atoms with E-state index in [1.807, 2.05) is 24.3 Å². The topological polar surface area (TPSA) is 21.3 Å². The Kier molecular flexibility index (Phi) is 3.26. The lowest BCUT2D eigenvalue weighted by molar-refractivity contribution is 0.409. The van der Waals surface area contributed by atoms with Crippen LogP contribution < -0.4 is 9.46 Å². The van der Waals surface area contributed by atoms with Crippen molar-refractivity contribution in [2.24, 2.45) is 0 Å². The van der Waals surface area contributed by atoms with Crippen molar-refractivity contribution >= 4 is 12.8 Å². The van der Waals surface area contributed by atoms with E-state index >= 15 is 0 Å². The van der Waals surface area contributed by atoms with Gasteiger partial charge in [0.05, 0.1) is 7.11 Å². The Balaban J connectivity index is 2.83. The number of hydrogen-bond acceptors (Lipinski definition) is 3. The van der Waals surface area contributed by atoms with E-state index in [0.717, 1.165) is 11.3 Å². The second-order valence-corrected chi connectivity index (χ2v) is 2.46. The molecule has 0 atom stereocenters. The first-order valence-corrected chi connectivity index (χ1v) is 3.82. The van der Waals surface area contributed by atoms with Gasteiger partial charge < -0.3 is 4.74 Å². The maximum Gasteiger partial charge on any atom is 0.123 e. The molecule has 0 unspecified atom stereocenters. The van der Waals surface area contributed by atoms with Crippen molar-refractivity contribution in [1.82, 2.24) is 4.72 Å². The van der Waals surface area contributed by atoms with E-state index in [4.69, 9.17) is 4.74 Å². The molecule has 1 aromatic rings. The first-order valence-electron chi connectivity index (χ1n) is 3.37. The molecule has 1 N–H and O–H groups in total. The summed E-state index contributed by atoms with van der Waals surface area (Å²) in [5, 5.41) is 0. The van der Waals surface area contributed by atoms with Crippen molar-refractivity contribution in [3.63, 3.8) is 0 Å². The number of benzene rings is 1. The van der Waals surface area contributed by atoms with Crippen LogP contribution in [0.3, 0.4) is 0 Å². The van der Waals surface area contributed by atoms with E-state index in [1.165, 1.54) is 0 Å². The second kappa shape index (κ2) is 4.26. The molecule has 0 fully saturated rings. The standard InChI is InChI=1S/C8H11NOS/c1-10-8-5-3-2-4-7(8)6-9-11/h2-5,9,11H,6H2,1H3. The molecule has 0 saturated carbocycles. The van der Waals surface area contributed by atoms with Gasteiger partial charge in [-0.3, -0.25) is 4.72 Å². The molecule has 1 aromatic carbocycles. The van der Waals surface area contributed by atoms with Gasteiger partial charge in [-0.2, -0.15) is 0 Å². The lowest BCUT2D eigenvalue weighted by Gasteiger charge is -2.05. The monoisotopic (exact) mass is 169 g/mol. The van der Waals surface area contributed by atoms with Crippen molar-refractivity contribution in [2.75, 3.05) is 7.11 Å². The van der Waals surface area contributed by atoms with Crippen molar-refractivity contribution in [2.45, 2.75) is 6.54 Å². The average molecular weight is 169 g/mol. The highest BCUT2D eigenvalue weighted by Crippen LogP contribution is 2.16. The fraction of sp³-hybridized carbons (Fsp3) is 0.250. The van der Waals surface area contributed by atoms with Gasteiger partial charge in [0.25, 0.3) is 0 Å². The molecular formula is C8H11NOS. The summed E-state index contributed by atoms with van der Waals surface area (Å²) in [4.78, 5) is 0. The highest BCUT2D eigenvalue weighted by atomic mass is 32.1. The van der Waals surface area contributed by atoms with Gasteiger partial charge in [-0.1, -0.05) is 31.0 Å². The van der Waals surface area contributed by atoms with E-state index in [0.29, 0.717) is 6.54 Å². The van der Waals surface area contributed by atoms with Crippen LogP contribution in [-0.2, 0) is 6.54 Å². The third-order valence-electron chi connectivity index (χ3n) is 1.46. The van der Waals surface area contributed by atoms with Gasteiger partial charge in [-0.15, -0.1) is 0 Å². The molecule has 0 saturated heterocycles. The lowest BCUT2D eigenvalue weighted by atomic mass is 10.2. The Labute approximate surface area is 72.1 Å². The van der Waals surface area contributed by atoms with Crippen LogP contribution in [0.1, 0.15) is 5.56 Å². The van der Waals surface area contributed by atoms with Crippen LogP contribution in [-0.4, -0.2) is 7.11 Å². The maximum absolute atomic E-state index is 5.12. The molecule has 0 aliphatic heterocycles. The van der Waals surface area contributed by atoms with Gasteiger partial charge in [0.2, 0.25) is 0 Å². The highest BCUT2D eigenvalue weighted by Gasteiger charge is 1.97. The largest absolute Gasteiger partial charge is 0.496 e. The Morgan fingerprint density at radius 3 is 2.82 bits per heavy atom. The molecule has 0 aliphatic rings. The zero-order valence-corrected chi connectivity index (χ0v) is 7.27. The minimum absolute atomic E-state index is 0.715. The van der Waals surface area contributed by atoms with E-state index in [1.54, 1.807) is 7.11 Å². The number of hydrogen-bond donors (Lipinski definition) is 2. The van der Waals surface area contributed by atoms with Gasteiger partial charge in [0.15, 0.2) is 0 Å². The van der Waals surface area contributed by atoms with Crippen LogP contribution in [0.15, 0.2) is 24.3 Å². The molecule has 1 rings (SSSR count). The van der Waals surface area contributed by atoms with Gasteiger partial charge in [0, 0.05) is 12.1 Å². The molecule has 0 heterocycles. The summed E-state index contributed by atoms with van der Waals surface area (Å²) in [6.45, 7) is 0.715. The molecule has 60 valence electrons. The normalized spacial score (nSPS) is 9.64. The molecule has 0 radical (unpaired) electrons.